The molecule has 0 radical (unpaired) electrons. The number of aliphatic hydroxyl groups excluding tert-OH is 3. The van der Waals surface area contributed by atoms with E-state index in [1.54, 1.807) is 13.1 Å². The largest absolute Gasteiger partial charge is 0.392 e. The molecule has 0 aliphatic carbocycles. The first-order chi connectivity index (χ1) is 23.8. The number of nitrogens with zero attached hydrogens (tertiary/aromatic N) is 4. The molecule has 50 heavy (non-hydrogen) atoms. The number of hydrogen-bond acceptors (Lipinski definition) is 14. The monoisotopic (exact) mass is 772 g/mol. The van der Waals surface area contributed by atoms with Gasteiger partial charge in [-0.15, -0.1) is 0 Å². The van der Waals surface area contributed by atoms with Gasteiger partial charge in [-0.25, -0.2) is 0 Å². The van der Waals surface area contributed by atoms with Crippen LogP contribution in [0.2, 0.25) is 0 Å². The SMILES string of the molecule is CC(C)[C@@]12SS[C@]3(C(=O)N1C)[C@@H](O)[C@]1([C@]45c6ccccc6N[C@H]4N4C(=O)[C@]6(CO)SSS[C@]4(C(=O)N6C)[C@H]5O)c4ccccc4N[C@@H]1N3C2=O. The predicted octanol–water partition coefficient (Wildman–Crippen LogP) is 1.59. The van der Waals surface area contributed by atoms with Gasteiger partial charge in [-0.05, 0) is 71.4 Å². The van der Waals surface area contributed by atoms with Crippen LogP contribution in [0.15, 0.2) is 48.5 Å². The van der Waals surface area contributed by atoms with E-state index in [1.165, 1.54) is 48.2 Å². The van der Waals surface area contributed by atoms with Crippen LogP contribution in [-0.2, 0) is 30.0 Å². The predicted molar refractivity (Wildman–Crippen MR) is 193 cm³/mol. The Morgan fingerprint density at radius 1 is 0.700 bits per heavy atom. The lowest BCUT2D eigenvalue weighted by molar-refractivity contribution is -0.169. The van der Waals surface area contributed by atoms with Crippen molar-refractivity contribution in [3.05, 3.63) is 59.7 Å². The summed E-state index contributed by atoms with van der Waals surface area (Å²) in [4.78, 5) is 58.8. The van der Waals surface area contributed by atoms with Crippen LogP contribution in [-0.4, -0.2) is 123 Å². The molecule has 10 aliphatic heterocycles. The zero-order valence-electron chi connectivity index (χ0n) is 27.0. The number of fused-ring (bicyclic) bond motifs is 12. The number of rotatable bonds is 3. The molecule has 10 atom stereocenters. The van der Waals surface area contributed by atoms with Crippen LogP contribution in [0, 0.1) is 5.92 Å². The maximum Gasteiger partial charge on any atom is 0.265 e. The molecule has 0 saturated carbocycles. The minimum atomic E-state index is -1.91. The van der Waals surface area contributed by atoms with Gasteiger partial charge in [0, 0.05) is 25.5 Å². The van der Waals surface area contributed by atoms with Gasteiger partial charge in [-0.1, -0.05) is 61.0 Å². The van der Waals surface area contributed by atoms with Crippen molar-refractivity contribution in [3.8, 4) is 0 Å². The number of benzene rings is 2. The number of amides is 4. The average Bonchev–Trinajstić information content (AvgIpc) is 3.70. The van der Waals surface area contributed by atoms with Gasteiger partial charge in [-0.2, -0.15) is 0 Å². The third-order valence-corrected chi connectivity index (χ3v) is 21.6. The summed E-state index contributed by atoms with van der Waals surface area (Å²) >= 11 is 0. The minimum absolute atomic E-state index is 0.300. The molecule has 18 heteroatoms. The van der Waals surface area contributed by atoms with Gasteiger partial charge in [0.1, 0.15) is 24.5 Å². The number of piperazine rings is 2. The highest BCUT2D eigenvalue weighted by molar-refractivity contribution is 9.10. The first kappa shape index (κ1) is 32.2. The number of anilines is 2. The van der Waals surface area contributed by atoms with E-state index in [1.807, 2.05) is 56.3 Å². The van der Waals surface area contributed by atoms with Crippen molar-refractivity contribution in [3.63, 3.8) is 0 Å². The third-order valence-electron chi connectivity index (χ3n) is 12.7. The fourth-order valence-electron chi connectivity index (χ4n) is 10.5. The standard InChI is InChI=1S/C32H32N6O7S5/c1-14(2)30-26(45)38-22-28(15-9-5-8-12-18(15)34-22,19(40)31(38,48-47-30)25(44)36(30)4)29-16-10-6-7-11-17(16)33-21(29)37-23(42)27(13-39)35(3)24(43)32(37,20(29)41)49-50-46-27/h5-12,14,19-22,33-34,39-41H,13H2,1-4H3/t19-,20-,21-,22+,27-,28+,29-,30-,31-,32-/m0/s1. The second-order valence-corrected chi connectivity index (χ2v) is 21.4. The molecule has 8 saturated heterocycles. The summed E-state index contributed by atoms with van der Waals surface area (Å²) in [5.74, 6) is -2.21. The van der Waals surface area contributed by atoms with E-state index in [4.69, 9.17) is 0 Å². The molecule has 0 unspecified atom stereocenters. The molecular weight excluding hydrogens is 741 g/mol. The Morgan fingerprint density at radius 3 is 1.74 bits per heavy atom. The lowest BCUT2D eigenvalue weighted by Crippen LogP contribution is -2.79. The Bertz CT molecular complexity index is 2000. The van der Waals surface area contributed by atoms with E-state index >= 15 is 9.59 Å². The van der Waals surface area contributed by atoms with E-state index in [2.05, 4.69) is 10.6 Å². The highest BCUT2D eigenvalue weighted by Gasteiger charge is 2.92. The average molecular weight is 773 g/mol. The van der Waals surface area contributed by atoms with Crippen LogP contribution in [0.1, 0.15) is 25.0 Å². The topological polar surface area (TPSA) is 166 Å². The lowest BCUT2D eigenvalue weighted by atomic mass is 9.52. The van der Waals surface area contributed by atoms with Crippen molar-refractivity contribution in [1.29, 1.82) is 0 Å². The molecule has 2 spiro atoms. The van der Waals surface area contributed by atoms with Crippen molar-refractivity contribution in [2.45, 2.75) is 68.7 Å². The molecule has 8 fully saturated rings. The Hall–Kier alpha value is -2.45. The number of carbonyl (C=O) groups is 4. The van der Waals surface area contributed by atoms with Crippen LogP contribution in [0.25, 0.3) is 0 Å². The molecule has 4 amide bonds. The number of likely N-dealkylation sites (N-methyl/N-ethyl adjacent to an activating group) is 2. The van der Waals surface area contributed by atoms with Crippen LogP contribution in [0.5, 0.6) is 0 Å². The number of nitrogens with one attached hydrogen (secondary N) is 2. The van der Waals surface area contributed by atoms with Gasteiger partial charge in [0.2, 0.25) is 14.6 Å². The first-order valence-corrected chi connectivity index (χ1v) is 21.8. The number of hydrogen-bond donors (Lipinski definition) is 5. The number of para-hydroxylation sites is 2. The molecule has 10 aliphatic rings. The highest BCUT2D eigenvalue weighted by atomic mass is 33.5. The summed E-state index contributed by atoms with van der Waals surface area (Å²) < 4.78 is 0. The van der Waals surface area contributed by atoms with E-state index in [0.717, 1.165) is 31.4 Å². The molecule has 5 N–H and O–H groups in total. The van der Waals surface area contributed by atoms with E-state index in [0.29, 0.717) is 22.5 Å². The van der Waals surface area contributed by atoms with Crippen molar-refractivity contribution >= 4 is 88.0 Å². The van der Waals surface area contributed by atoms with E-state index in [9.17, 15) is 24.9 Å². The zero-order valence-corrected chi connectivity index (χ0v) is 31.1. The van der Waals surface area contributed by atoms with Gasteiger partial charge in [-0.3, -0.25) is 29.0 Å². The van der Waals surface area contributed by atoms with Crippen molar-refractivity contribution in [2.75, 3.05) is 31.3 Å². The van der Waals surface area contributed by atoms with Gasteiger partial charge in [0.05, 0.1) is 17.4 Å². The van der Waals surface area contributed by atoms with Crippen LogP contribution >= 0.6 is 53.0 Å². The molecule has 262 valence electrons. The number of aliphatic hydroxyl groups is 3. The molecule has 2 aromatic rings. The maximum atomic E-state index is 15.2. The summed E-state index contributed by atoms with van der Waals surface area (Å²) in [6, 6.07) is 14.6. The smallest absolute Gasteiger partial charge is 0.265 e. The van der Waals surface area contributed by atoms with Crippen molar-refractivity contribution < 1.29 is 34.5 Å². The van der Waals surface area contributed by atoms with Crippen LogP contribution in [0.4, 0.5) is 11.4 Å². The summed E-state index contributed by atoms with van der Waals surface area (Å²) in [7, 11) is 8.78. The second-order valence-electron chi connectivity index (χ2n) is 14.4. The normalized spacial score (nSPS) is 44.6. The first-order valence-electron chi connectivity index (χ1n) is 16.2. The van der Waals surface area contributed by atoms with Gasteiger partial charge in [0.15, 0.2) is 4.87 Å². The summed E-state index contributed by atoms with van der Waals surface area (Å²) in [6.07, 6.45) is -5.59. The van der Waals surface area contributed by atoms with Gasteiger partial charge in [0.25, 0.3) is 23.6 Å². The van der Waals surface area contributed by atoms with Crippen molar-refractivity contribution in [1.82, 2.24) is 19.6 Å². The number of carbonyl (C=O) groups excluding carboxylic acids is 4. The quantitative estimate of drug-likeness (QED) is 0.286. The summed E-state index contributed by atoms with van der Waals surface area (Å²) in [6.45, 7) is 3.12. The Balaban J connectivity index is 1.34. The zero-order chi connectivity index (χ0) is 35.1. The Labute approximate surface area is 306 Å². The van der Waals surface area contributed by atoms with E-state index in [-0.39, 0.29) is 11.8 Å². The molecule has 13 nitrogen and oxygen atoms in total. The van der Waals surface area contributed by atoms with Crippen LogP contribution < -0.4 is 10.6 Å². The molecule has 10 heterocycles. The van der Waals surface area contributed by atoms with Gasteiger partial charge < -0.3 is 35.8 Å². The summed E-state index contributed by atoms with van der Waals surface area (Å²) in [5.41, 5.74) is -1.17. The van der Waals surface area contributed by atoms with E-state index < -0.39 is 79.2 Å². The molecule has 2 aromatic carbocycles. The fraction of sp³-hybridized carbons (Fsp3) is 0.500. The highest BCUT2D eigenvalue weighted by Crippen LogP contribution is 2.78. The fourth-order valence-corrected chi connectivity index (χ4v) is 20.6. The lowest BCUT2D eigenvalue weighted by Gasteiger charge is -2.60. The summed E-state index contributed by atoms with van der Waals surface area (Å²) in [5, 5.41) is 44.8. The van der Waals surface area contributed by atoms with Crippen LogP contribution in [0.3, 0.4) is 0 Å². The Kier molecular flexibility index (Phi) is 6.16. The molecule has 4 bridgehead atoms. The third kappa shape index (κ3) is 2.77. The minimum Gasteiger partial charge on any atom is -0.392 e. The Morgan fingerprint density at radius 2 is 1.20 bits per heavy atom. The second kappa shape index (κ2) is 9.55. The molecule has 12 rings (SSSR count). The van der Waals surface area contributed by atoms with Crippen molar-refractivity contribution in [2.24, 2.45) is 5.92 Å². The maximum absolute atomic E-state index is 15.2. The van der Waals surface area contributed by atoms with Gasteiger partial charge >= 0.3 is 0 Å². The molecule has 0 aromatic heterocycles. The molecular formula is C32H32N6O7S5.